The Morgan fingerprint density at radius 3 is 2.38 bits per heavy atom. The van der Waals surface area contributed by atoms with E-state index in [1.54, 1.807) is 43.9 Å². The maximum Gasteiger partial charge on any atom is 0.415 e. The van der Waals surface area contributed by atoms with Crippen molar-refractivity contribution >= 4 is 40.9 Å². The Balaban J connectivity index is 1.52. The van der Waals surface area contributed by atoms with Gasteiger partial charge in [0.25, 0.3) is 5.91 Å². The van der Waals surface area contributed by atoms with Crippen molar-refractivity contribution in [3.63, 3.8) is 0 Å². The number of ether oxygens (including phenoxy) is 2. The van der Waals surface area contributed by atoms with Crippen LogP contribution < -0.4 is 9.64 Å². The van der Waals surface area contributed by atoms with Crippen molar-refractivity contribution in [1.82, 2.24) is 4.90 Å². The lowest BCUT2D eigenvalue weighted by atomic mass is 9.67. The first-order valence-electron chi connectivity index (χ1n) is 12.4. The molecule has 1 saturated heterocycles. The van der Waals surface area contributed by atoms with Gasteiger partial charge in [0, 0.05) is 35.0 Å². The third-order valence-corrected chi connectivity index (χ3v) is 7.57. The van der Waals surface area contributed by atoms with E-state index >= 15 is 0 Å². The van der Waals surface area contributed by atoms with Gasteiger partial charge in [0.05, 0.1) is 17.8 Å². The van der Waals surface area contributed by atoms with E-state index in [0.29, 0.717) is 47.4 Å². The number of rotatable bonds is 3. The molecule has 0 bridgehead atoms. The molecule has 0 aliphatic carbocycles. The predicted octanol–water partition coefficient (Wildman–Crippen LogP) is 5.73. The zero-order chi connectivity index (χ0) is 27.2. The number of halogens is 2. The van der Waals surface area contributed by atoms with Gasteiger partial charge in [-0.15, -0.1) is 0 Å². The molecule has 2 atom stereocenters. The first kappa shape index (κ1) is 27.6. The van der Waals surface area contributed by atoms with Crippen molar-refractivity contribution in [3.8, 4) is 5.75 Å². The van der Waals surface area contributed by atoms with E-state index in [4.69, 9.17) is 32.7 Å². The van der Waals surface area contributed by atoms with E-state index in [0.717, 1.165) is 5.56 Å². The van der Waals surface area contributed by atoms with Gasteiger partial charge < -0.3 is 19.5 Å². The number of hydrogen-bond acceptors (Lipinski definition) is 5. The third kappa shape index (κ3) is 6.00. The van der Waals surface area contributed by atoms with E-state index in [1.165, 1.54) is 4.90 Å². The second-order valence-electron chi connectivity index (χ2n) is 11.5. The second kappa shape index (κ2) is 10.0. The molecule has 0 radical (unpaired) electrons. The highest BCUT2D eigenvalue weighted by molar-refractivity contribution is 6.31. The quantitative estimate of drug-likeness (QED) is 0.529. The van der Waals surface area contributed by atoms with Gasteiger partial charge in [-0.05, 0) is 63.1 Å². The van der Waals surface area contributed by atoms with Crippen molar-refractivity contribution < 1.29 is 24.2 Å². The van der Waals surface area contributed by atoms with Crippen LogP contribution in [0.1, 0.15) is 46.6 Å². The lowest BCUT2D eigenvalue weighted by Gasteiger charge is -2.51. The summed E-state index contributed by atoms with van der Waals surface area (Å²) in [5, 5.41) is 12.7. The number of anilines is 1. The molecule has 4 rings (SSSR count). The molecule has 2 aromatic carbocycles. The van der Waals surface area contributed by atoms with Gasteiger partial charge in [-0.25, -0.2) is 4.79 Å². The zero-order valence-electron chi connectivity index (χ0n) is 21.9. The number of carbonyl (C=O) groups excluding carboxylic acids is 2. The highest BCUT2D eigenvalue weighted by Gasteiger charge is 2.50. The van der Waals surface area contributed by atoms with Gasteiger partial charge in [0.2, 0.25) is 0 Å². The van der Waals surface area contributed by atoms with Crippen LogP contribution in [0.15, 0.2) is 42.5 Å². The number of carbonyl (C=O) groups is 2. The minimum absolute atomic E-state index is 0.00688. The molecule has 2 aliphatic rings. The molecule has 7 nitrogen and oxygen atoms in total. The number of piperidine rings is 1. The SMILES string of the molecule is CC(C)(C)OC(=O)N1CC(C(=O)N2CCC(O)(Cc3ccc(Cl)cc3)C(C)(C)C2)Oc2ccc(Cl)cc21. The molecule has 200 valence electrons. The van der Waals surface area contributed by atoms with E-state index in [1.807, 2.05) is 38.1 Å². The fourth-order valence-electron chi connectivity index (χ4n) is 4.90. The van der Waals surface area contributed by atoms with Crippen molar-refractivity contribution in [1.29, 1.82) is 0 Å². The van der Waals surface area contributed by atoms with Crippen LogP contribution in [-0.2, 0) is 16.0 Å². The summed E-state index contributed by atoms with van der Waals surface area (Å²) < 4.78 is 11.7. The Bertz CT molecular complexity index is 1180. The molecule has 1 N–H and O–H groups in total. The molecule has 1 fully saturated rings. The number of likely N-dealkylation sites (tertiary alicyclic amines) is 1. The maximum absolute atomic E-state index is 13.7. The fourth-order valence-corrected chi connectivity index (χ4v) is 5.19. The molecule has 2 amide bonds. The van der Waals surface area contributed by atoms with Gasteiger partial charge in [0.1, 0.15) is 11.4 Å². The predicted molar refractivity (Wildman–Crippen MR) is 145 cm³/mol. The molecule has 0 spiro atoms. The van der Waals surface area contributed by atoms with E-state index < -0.39 is 28.8 Å². The first-order valence-corrected chi connectivity index (χ1v) is 13.2. The zero-order valence-corrected chi connectivity index (χ0v) is 23.4. The lowest BCUT2D eigenvalue weighted by molar-refractivity contribution is -0.156. The number of hydrogen-bond donors (Lipinski definition) is 1. The van der Waals surface area contributed by atoms with Crippen molar-refractivity contribution in [2.24, 2.45) is 5.41 Å². The lowest BCUT2D eigenvalue weighted by Crippen LogP contribution is -2.62. The normalized spacial score (nSPS) is 23.2. The molecule has 2 heterocycles. The van der Waals surface area contributed by atoms with Crippen LogP contribution >= 0.6 is 23.2 Å². The van der Waals surface area contributed by atoms with Crippen LogP contribution in [0.25, 0.3) is 0 Å². The standard InChI is InChI=1S/C28H34Cl2N2O5/c1-26(2,3)37-25(34)32-16-23(36-22-11-10-20(30)14-21(22)32)24(33)31-13-12-28(35,27(4,5)17-31)15-18-6-8-19(29)9-7-18/h6-11,14,23,35H,12-13,15-17H2,1-5H3. The summed E-state index contributed by atoms with van der Waals surface area (Å²) in [5.41, 5.74) is -0.859. The molecule has 0 aromatic heterocycles. The first-order chi connectivity index (χ1) is 17.2. The summed E-state index contributed by atoms with van der Waals surface area (Å²) in [7, 11) is 0. The Kier molecular flexibility index (Phi) is 7.45. The highest BCUT2D eigenvalue weighted by Crippen LogP contribution is 2.42. The topological polar surface area (TPSA) is 79.3 Å². The van der Waals surface area contributed by atoms with Gasteiger partial charge in [-0.1, -0.05) is 49.2 Å². The minimum Gasteiger partial charge on any atom is -0.476 e. The van der Waals surface area contributed by atoms with Gasteiger partial charge >= 0.3 is 6.09 Å². The van der Waals surface area contributed by atoms with Crippen LogP contribution in [0.3, 0.4) is 0 Å². The molecule has 2 unspecified atom stereocenters. The van der Waals surface area contributed by atoms with E-state index in [-0.39, 0.29) is 12.5 Å². The Hall–Kier alpha value is -2.48. The minimum atomic E-state index is -1.00. The van der Waals surface area contributed by atoms with Gasteiger partial charge in [0.15, 0.2) is 6.10 Å². The molecular weight excluding hydrogens is 515 g/mol. The number of aliphatic hydroxyl groups is 1. The number of fused-ring (bicyclic) bond motifs is 1. The Morgan fingerprint density at radius 1 is 1.11 bits per heavy atom. The summed E-state index contributed by atoms with van der Waals surface area (Å²) in [6, 6.07) is 12.4. The van der Waals surface area contributed by atoms with Gasteiger partial charge in [-0.3, -0.25) is 9.69 Å². The molecule has 0 saturated carbocycles. The number of benzene rings is 2. The van der Waals surface area contributed by atoms with Crippen LogP contribution in [0.2, 0.25) is 10.0 Å². The maximum atomic E-state index is 13.7. The highest BCUT2D eigenvalue weighted by atomic mass is 35.5. The largest absolute Gasteiger partial charge is 0.476 e. The summed E-state index contributed by atoms with van der Waals surface area (Å²) >= 11 is 12.2. The second-order valence-corrected chi connectivity index (χ2v) is 12.4. The molecule has 9 heteroatoms. The fraction of sp³-hybridized carbons (Fsp3) is 0.500. The van der Waals surface area contributed by atoms with Crippen molar-refractivity contribution in [2.45, 2.75) is 64.8 Å². The van der Waals surface area contributed by atoms with Crippen LogP contribution in [-0.4, -0.2) is 58.9 Å². The molecule has 2 aliphatic heterocycles. The Morgan fingerprint density at radius 2 is 1.76 bits per heavy atom. The molecule has 37 heavy (non-hydrogen) atoms. The van der Waals surface area contributed by atoms with Crippen LogP contribution in [0, 0.1) is 5.41 Å². The van der Waals surface area contributed by atoms with Crippen molar-refractivity contribution in [2.75, 3.05) is 24.5 Å². The van der Waals surface area contributed by atoms with E-state index in [2.05, 4.69) is 0 Å². The smallest absolute Gasteiger partial charge is 0.415 e. The monoisotopic (exact) mass is 548 g/mol. The van der Waals surface area contributed by atoms with Crippen molar-refractivity contribution in [3.05, 3.63) is 58.1 Å². The summed E-state index contributed by atoms with van der Waals surface area (Å²) in [6.45, 7) is 9.99. The van der Waals surface area contributed by atoms with Gasteiger partial charge in [-0.2, -0.15) is 0 Å². The molecule has 2 aromatic rings. The Labute approximate surface area is 228 Å². The average molecular weight is 549 g/mol. The summed E-state index contributed by atoms with van der Waals surface area (Å²) in [5.74, 6) is 0.145. The molecular formula is C28H34Cl2N2O5. The van der Waals surface area contributed by atoms with Crippen LogP contribution in [0.5, 0.6) is 5.75 Å². The average Bonchev–Trinajstić information content (AvgIpc) is 2.80. The number of nitrogens with zero attached hydrogens (tertiary/aromatic N) is 2. The van der Waals surface area contributed by atoms with Crippen LogP contribution in [0.4, 0.5) is 10.5 Å². The number of amides is 2. The summed E-state index contributed by atoms with van der Waals surface area (Å²) in [4.78, 5) is 29.9. The van der Waals surface area contributed by atoms with E-state index in [9.17, 15) is 14.7 Å². The third-order valence-electron chi connectivity index (χ3n) is 7.08. The summed E-state index contributed by atoms with van der Waals surface area (Å²) in [6.07, 6.45) is -0.629.